The summed E-state index contributed by atoms with van der Waals surface area (Å²) in [6, 6.07) is 9.19. The first-order valence-electron chi connectivity index (χ1n) is 6.81. The fourth-order valence-corrected chi connectivity index (χ4v) is 3.16. The van der Waals surface area contributed by atoms with Gasteiger partial charge in [0, 0.05) is 4.88 Å². The minimum atomic E-state index is -0.175. The first kappa shape index (κ1) is 15.4. The molecule has 0 aliphatic carbocycles. The molecule has 3 N–H and O–H groups in total. The Bertz CT molecular complexity index is 609. The molecule has 21 heavy (non-hydrogen) atoms. The van der Waals surface area contributed by atoms with Crippen LogP contribution < -0.4 is 15.8 Å². The van der Waals surface area contributed by atoms with Gasteiger partial charge in [-0.1, -0.05) is 26.0 Å². The van der Waals surface area contributed by atoms with Gasteiger partial charge in [0.1, 0.15) is 0 Å². The molecule has 2 aromatic rings. The van der Waals surface area contributed by atoms with Crippen LogP contribution in [-0.4, -0.2) is 13.0 Å². The highest BCUT2D eigenvalue weighted by molar-refractivity contribution is 7.10. The SMILES string of the molecule is COc1c(N)cccc1C(=O)NC(c1cccs1)C(C)C. The number of thiophene rings is 1. The summed E-state index contributed by atoms with van der Waals surface area (Å²) in [4.78, 5) is 13.7. The molecule has 1 aromatic heterocycles. The van der Waals surface area contributed by atoms with Crippen molar-refractivity contribution in [2.45, 2.75) is 19.9 Å². The molecule has 0 radical (unpaired) electrons. The number of nitrogen functional groups attached to an aromatic ring is 1. The molecule has 0 spiro atoms. The predicted octanol–water partition coefficient (Wildman–Crippen LogP) is 3.47. The van der Waals surface area contributed by atoms with E-state index in [1.165, 1.54) is 7.11 Å². The maximum absolute atomic E-state index is 12.5. The Morgan fingerprint density at radius 1 is 1.29 bits per heavy atom. The number of amides is 1. The first-order chi connectivity index (χ1) is 10.0. The molecule has 112 valence electrons. The summed E-state index contributed by atoms with van der Waals surface area (Å²) in [7, 11) is 1.52. The van der Waals surface area contributed by atoms with E-state index in [9.17, 15) is 4.79 Å². The van der Waals surface area contributed by atoms with Crippen LogP contribution in [0.1, 0.15) is 35.1 Å². The number of methoxy groups -OCH3 is 1. The quantitative estimate of drug-likeness (QED) is 0.831. The lowest BCUT2D eigenvalue weighted by Crippen LogP contribution is -2.31. The van der Waals surface area contributed by atoms with Gasteiger partial charge in [0.05, 0.1) is 24.4 Å². The van der Waals surface area contributed by atoms with Crippen molar-refractivity contribution >= 4 is 22.9 Å². The van der Waals surface area contributed by atoms with Crippen LogP contribution in [0.15, 0.2) is 35.7 Å². The van der Waals surface area contributed by atoms with Gasteiger partial charge in [0.25, 0.3) is 5.91 Å². The fraction of sp³-hybridized carbons (Fsp3) is 0.312. The second-order valence-electron chi connectivity index (χ2n) is 5.14. The minimum absolute atomic E-state index is 0.0244. The highest BCUT2D eigenvalue weighted by Gasteiger charge is 2.22. The van der Waals surface area contributed by atoms with Crippen molar-refractivity contribution in [3.8, 4) is 5.75 Å². The topological polar surface area (TPSA) is 64.3 Å². The number of carbonyl (C=O) groups is 1. The van der Waals surface area contributed by atoms with E-state index in [0.29, 0.717) is 22.9 Å². The Kier molecular flexibility index (Phi) is 4.85. The third kappa shape index (κ3) is 3.36. The molecule has 0 aliphatic rings. The summed E-state index contributed by atoms with van der Waals surface area (Å²) in [5, 5.41) is 5.08. The van der Waals surface area contributed by atoms with Gasteiger partial charge in [-0.15, -0.1) is 11.3 Å². The van der Waals surface area contributed by atoms with Gasteiger partial charge >= 0.3 is 0 Å². The van der Waals surface area contributed by atoms with Gasteiger partial charge in [-0.25, -0.2) is 0 Å². The highest BCUT2D eigenvalue weighted by atomic mass is 32.1. The first-order valence-corrected chi connectivity index (χ1v) is 7.69. The molecule has 0 bridgehead atoms. The van der Waals surface area contributed by atoms with Crippen LogP contribution in [0.4, 0.5) is 5.69 Å². The number of para-hydroxylation sites is 1. The van der Waals surface area contributed by atoms with Gasteiger partial charge in [-0.2, -0.15) is 0 Å². The molecule has 0 aliphatic heterocycles. The Labute approximate surface area is 128 Å². The fourth-order valence-electron chi connectivity index (χ4n) is 2.22. The van der Waals surface area contributed by atoms with Crippen LogP contribution in [0.3, 0.4) is 0 Å². The van der Waals surface area contributed by atoms with Gasteiger partial charge in [-0.3, -0.25) is 4.79 Å². The summed E-state index contributed by atoms with van der Waals surface area (Å²) in [5.41, 5.74) is 6.77. The van der Waals surface area contributed by atoms with Crippen molar-refractivity contribution in [2.24, 2.45) is 5.92 Å². The van der Waals surface area contributed by atoms with Crippen molar-refractivity contribution in [1.29, 1.82) is 0 Å². The number of hydrogen-bond donors (Lipinski definition) is 2. The van der Waals surface area contributed by atoms with Crippen LogP contribution in [0.5, 0.6) is 5.75 Å². The van der Waals surface area contributed by atoms with E-state index in [4.69, 9.17) is 10.5 Å². The number of benzene rings is 1. The molecule has 1 unspecified atom stereocenters. The van der Waals surface area contributed by atoms with E-state index in [1.54, 1.807) is 29.5 Å². The maximum atomic E-state index is 12.5. The third-order valence-corrected chi connectivity index (χ3v) is 4.25. The lowest BCUT2D eigenvalue weighted by molar-refractivity contribution is 0.0923. The van der Waals surface area contributed by atoms with E-state index < -0.39 is 0 Å². The number of rotatable bonds is 5. The number of hydrogen-bond acceptors (Lipinski definition) is 4. The molecule has 0 fully saturated rings. The molecule has 2 rings (SSSR count). The number of carbonyl (C=O) groups excluding carboxylic acids is 1. The van der Waals surface area contributed by atoms with Crippen molar-refractivity contribution in [3.63, 3.8) is 0 Å². The molecule has 0 saturated heterocycles. The van der Waals surface area contributed by atoms with Crippen LogP contribution in [-0.2, 0) is 0 Å². The van der Waals surface area contributed by atoms with Crippen molar-refractivity contribution < 1.29 is 9.53 Å². The average Bonchev–Trinajstić information content (AvgIpc) is 2.97. The van der Waals surface area contributed by atoms with E-state index in [1.807, 2.05) is 17.5 Å². The van der Waals surface area contributed by atoms with E-state index in [0.717, 1.165) is 4.88 Å². The van der Waals surface area contributed by atoms with Crippen LogP contribution in [0, 0.1) is 5.92 Å². The van der Waals surface area contributed by atoms with Gasteiger partial charge in [0.2, 0.25) is 0 Å². The molecular formula is C16H20N2O2S. The lowest BCUT2D eigenvalue weighted by Gasteiger charge is -2.22. The van der Waals surface area contributed by atoms with E-state index in [2.05, 4.69) is 19.2 Å². The minimum Gasteiger partial charge on any atom is -0.494 e. The second kappa shape index (κ2) is 6.63. The Morgan fingerprint density at radius 2 is 2.05 bits per heavy atom. The summed E-state index contributed by atoms with van der Waals surface area (Å²) >= 11 is 1.64. The average molecular weight is 304 g/mol. The Balaban J connectivity index is 2.26. The van der Waals surface area contributed by atoms with Crippen LogP contribution in [0.25, 0.3) is 0 Å². The van der Waals surface area contributed by atoms with E-state index in [-0.39, 0.29) is 11.9 Å². The van der Waals surface area contributed by atoms with Crippen LogP contribution in [0.2, 0.25) is 0 Å². The Morgan fingerprint density at radius 3 is 2.62 bits per heavy atom. The smallest absolute Gasteiger partial charge is 0.255 e. The molecule has 4 nitrogen and oxygen atoms in total. The van der Waals surface area contributed by atoms with Crippen molar-refractivity contribution in [2.75, 3.05) is 12.8 Å². The predicted molar refractivity (Wildman–Crippen MR) is 86.8 cm³/mol. The van der Waals surface area contributed by atoms with Gasteiger partial charge in [-0.05, 0) is 29.5 Å². The molecule has 1 amide bonds. The zero-order chi connectivity index (χ0) is 15.4. The number of anilines is 1. The second-order valence-corrected chi connectivity index (χ2v) is 6.12. The summed E-state index contributed by atoms with van der Waals surface area (Å²) in [6.45, 7) is 4.17. The number of nitrogens with two attached hydrogens (primary N) is 1. The van der Waals surface area contributed by atoms with Gasteiger partial charge < -0.3 is 15.8 Å². The van der Waals surface area contributed by atoms with Crippen molar-refractivity contribution in [3.05, 3.63) is 46.2 Å². The third-order valence-electron chi connectivity index (χ3n) is 3.30. The summed E-state index contributed by atoms with van der Waals surface area (Å²) in [5.74, 6) is 0.537. The largest absolute Gasteiger partial charge is 0.494 e. The number of nitrogens with one attached hydrogen (secondary N) is 1. The maximum Gasteiger partial charge on any atom is 0.255 e. The highest BCUT2D eigenvalue weighted by Crippen LogP contribution is 2.29. The summed E-state index contributed by atoms with van der Waals surface area (Å²) < 4.78 is 5.25. The molecular weight excluding hydrogens is 284 g/mol. The Hall–Kier alpha value is -2.01. The zero-order valence-electron chi connectivity index (χ0n) is 12.4. The zero-order valence-corrected chi connectivity index (χ0v) is 13.2. The standard InChI is InChI=1S/C16H20N2O2S/c1-10(2)14(13-8-5-9-21-13)18-16(19)11-6-4-7-12(17)15(11)20-3/h4-10,14H,17H2,1-3H3,(H,18,19). The lowest BCUT2D eigenvalue weighted by atomic mass is 10.0. The van der Waals surface area contributed by atoms with Gasteiger partial charge in [0.15, 0.2) is 5.75 Å². The molecule has 1 aromatic carbocycles. The van der Waals surface area contributed by atoms with Crippen LogP contribution >= 0.6 is 11.3 Å². The molecule has 0 saturated carbocycles. The number of ether oxygens (including phenoxy) is 1. The monoisotopic (exact) mass is 304 g/mol. The molecule has 1 heterocycles. The van der Waals surface area contributed by atoms with E-state index >= 15 is 0 Å². The van der Waals surface area contributed by atoms with Crippen molar-refractivity contribution in [1.82, 2.24) is 5.32 Å². The molecule has 5 heteroatoms. The summed E-state index contributed by atoms with van der Waals surface area (Å²) in [6.07, 6.45) is 0. The molecule has 1 atom stereocenters. The normalized spacial score (nSPS) is 12.2.